The van der Waals surface area contributed by atoms with Crippen LogP contribution in [0.5, 0.6) is 0 Å². The number of nitro groups is 1. The van der Waals surface area contributed by atoms with Crippen molar-refractivity contribution in [3.05, 3.63) is 52.0 Å². The number of nitrogens with two attached hydrogens (primary N) is 1. The molecule has 1 heterocycles. The van der Waals surface area contributed by atoms with E-state index in [0.717, 1.165) is 5.76 Å². The van der Waals surface area contributed by atoms with Crippen LogP contribution in [0.2, 0.25) is 0 Å². The normalized spacial score (nSPS) is 10.2. The van der Waals surface area contributed by atoms with E-state index >= 15 is 0 Å². The molecule has 7 nitrogen and oxygen atoms in total. The summed E-state index contributed by atoms with van der Waals surface area (Å²) in [4.78, 5) is 10.6. The second kappa shape index (κ2) is 5.40. The summed E-state index contributed by atoms with van der Waals surface area (Å²) in [6.45, 7) is 2.20. The quantitative estimate of drug-likeness (QED) is 0.434. The van der Waals surface area contributed by atoms with Gasteiger partial charge >= 0.3 is 5.69 Å². The highest BCUT2D eigenvalue weighted by molar-refractivity contribution is 5.75. The zero-order valence-electron chi connectivity index (χ0n) is 10.3. The van der Waals surface area contributed by atoms with Crippen molar-refractivity contribution in [2.24, 2.45) is 5.84 Å². The molecule has 0 fully saturated rings. The topological polar surface area (TPSA) is 106 Å². The molecule has 0 aliphatic rings. The van der Waals surface area contributed by atoms with Gasteiger partial charge in [-0.1, -0.05) is 6.07 Å². The van der Waals surface area contributed by atoms with E-state index in [1.807, 2.05) is 19.1 Å². The second-order valence-electron chi connectivity index (χ2n) is 3.97. The Kier molecular flexibility index (Phi) is 3.67. The summed E-state index contributed by atoms with van der Waals surface area (Å²) in [5.74, 6) is 6.77. The standard InChI is InChI=1S/C12H14N4O3/c1-8-5-6-9(19-8)7-14-10-3-2-4-11(15-13)12(10)16(17)18/h2-6,14-15H,7,13H2,1H3. The minimum Gasteiger partial charge on any atom is -0.465 e. The summed E-state index contributed by atoms with van der Waals surface area (Å²) in [5, 5.41) is 14.0. The van der Waals surface area contributed by atoms with Crippen LogP contribution < -0.4 is 16.6 Å². The summed E-state index contributed by atoms with van der Waals surface area (Å²) >= 11 is 0. The number of nitro benzene ring substituents is 1. The maximum absolute atomic E-state index is 11.1. The number of nitrogens with one attached hydrogen (secondary N) is 2. The number of benzene rings is 1. The number of aryl methyl sites for hydroxylation is 1. The molecule has 1 aromatic heterocycles. The van der Waals surface area contributed by atoms with Gasteiger partial charge in [0.15, 0.2) is 0 Å². The molecule has 2 rings (SSSR count). The third-order valence-electron chi connectivity index (χ3n) is 2.62. The average Bonchev–Trinajstić information content (AvgIpc) is 2.81. The lowest BCUT2D eigenvalue weighted by molar-refractivity contribution is -0.383. The van der Waals surface area contributed by atoms with Crippen LogP contribution >= 0.6 is 0 Å². The maximum atomic E-state index is 11.1. The molecule has 0 aliphatic carbocycles. The van der Waals surface area contributed by atoms with Gasteiger partial charge in [-0.05, 0) is 31.2 Å². The fourth-order valence-corrected chi connectivity index (χ4v) is 1.76. The first-order valence-corrected chi connectivity index (χ1v) is 5.65. The predicted molar refractivity (Wildman–Crippen MR) is 71.7 cm³/mol. The highest BCUT2D eigenvalue weighted by Crippen LogP contribution is 2.32. The van der Waals surface area contributed by atoms with Crippen molar-refractivity contribution in [1.82, 2.24) is 0 Å². The Morgan fingerprint density at radius 3 is 2.63 bits per heavy atom. The molecule has 0 bridgehead atoms. The first-order chi connectivity index (χ1) is 9.11. The molecule has 0 amide bonds. The Morgan fingerprint density at radius 2 is 2.05 bits per heavy atom. The van der Waals surface area contributed by atoms with Gasteiger partial charge in [0.2, 0.25) is 0 Å². The molecular formula is C12H14N4O3. The number of para-hydroxylation sites is 1. The molecule has 0 saturated heterocycles. The third kappa shape index (κ3) is 2.83. The zero-order chi connectivity index (χ0) is 13.8. The lowest BCUT2D eigenvalue weighted by Crippen LogP contribution is -2.10. The summed E-state index contributed by atoms with van der Waals surface area (Å²) < 4.78 is 5.39. The molecule has 0 unspecified atom stereocenters. The van der Waals surface area contributed by atoms with Crippen molar-refractivity contribution in [3.8, 4) is 0 Å². The summed E-state index contributed by atoms with van der Waals surface area (Å²) in [6.07, 6.45) is 0. The van der Waals surface area contributed by atoms with Crippen LogP contribution in [-0.2, 0) is 6.54 Å². The number of furan rings is 1. The molecular weight excluding hydrogens is 248 g/mol. The highest BCUT2D eigenvalue weighted by atomic mass is 16.6. The van der Waals surface area contributed by atoms with Crippen LogP contribution in [0.3, 0.4) is 0 Å². The van der Waals surface area contributed by atoms with Crippen LogP contribution in [0, 0.1) is 17.0 Å². The SMILES string of the molecule is Cc1ccc(CNc2cccc(NN)c2[N+](=O)[O-])o1. The van der Waals surface area contributed by atoms with E-state index in [4.69, 9.17) is 10.3 Å². The number of hydrogen-bond acceptors (Lipinski definition) is 6. The summed E-state index contributed by atoms with van der Waals surface area (Å²) in [5.41, 5.74) is 2.86. The monoisotopic (exact) mass is 262 g/mol. The van der Waals surface area contributed by atoms with E-state index in [0.29, 0.717) is 18.0 Å². The van der Waals surface area contributed by atoms with Crippen molar-refractivity contribution >= 4 is 17.1 Å². The van der Waals surface area contributed by atoms with Gasteiger partial charge < -0.3 is 15.2 Å². The molecule has 19 heavy (non-hydrogen) atoms. The van der Waals surface area contributed by atoms with Crippen molar-refractivity contribution < 1.29 is 9.34 Å². The number of hydrazine groups is 1. The molecule has 0 aliphatic heterocycles. The maximum Gasteiger partial charge on any atom is 0.316 e. The Bertz CT molecular complexity index is 594. The first kappa shape index (κ1) is 12.9. The molecule has 4 N–H and O–H groups in total. The van der Waals surface area contributed by atoms with E-state index in [-0.39, 0.29) is 11.4 Å². The minimum atomic E-state index is -0.481. The third-order valence-corrected chi connectivity index (χ3v) is 2.62. The largest absolute Gasteiger partial charge is 0.465 e. The van der Waals surface area contributed by atoms with Crippen molar-refractivity contribution in [2.45, 2.75) is 13.5 Å². The predicted octanol–water partition coefficient (Wildman–Crippen LogP) is 2.39. The van der Waals surface area contributed by atoms with Gasteiger partial charge in [0.1, 0.15) is 22.9 Å². The lowest BCUT2D eigenvalue weighted by Gasteiger charge is -2.08. The fourth-order valence-electron chi connectivity index (χ4n) is 1.76. The second-order valence-corrected chi connectivity index (χ2v) is 3.97. The molecule has 1 aromatic carbocycles. The number of rotatable bonds is 5. The Hall–Kier alpha value is -2.54. The Labute approximate surface area is 109 Å². The number of nitrogens with zero attached hydrogens (tertiary/aromatic N) is 1. The van der Waals surface area contributed by atoms with Gasteiger partial charge in [-0.2, -0.15) is 0 Å². The average molecular weight is 262 g/mol. The first-order valence-electron chi connectivity index (χ1n) is 5.65. The summed E-state index contributed by atoms with van der Waals surface area (Å²) in [7, 11) is 0. The fraction of sp³-hybridized carbons (Fsp3) is 0.167. The van der Waals surface area contributed by atoms with Crippen LogP contribution in [0.4, 0.5) is 17.1 Å². The Balaban J connectivity index is 2.22. The van der Waals surface area contributed by atoms with E-state index < -0.39 is 4.92 Å². The number of anilines is 2. The van der Waals surface area contributed by atoms with Gasteiger partial charge in [-0.15, -0.1) is 0 Å². The summed E-state index contributed by atoms with van der Waals surface area (Å²) in [6, 6.07) is 8.50. The molecule has 2 aromatic rings. The molecule has 0 atom stereocenters. The van der Waals surface area contributed by atoms with Crippen LogP contribution in [0.1, 0.15) is 11.5 Å². The molecule has 7 heteroatoms. The minimum absolute atomic E-state index is 0.0896. The van der Waals surface area contributed by atoms with Crippen molar-refractivity contribution in [1.29, 1.82) is 0 Å². The van der Waals surface area contributed by atoms with Gasteiger partial charge in [-0.3, -0.25) is 16.0 Å². The van der Waals surface area contributed by atoms with Crippen molar-refractivity contribution in [2.75, 3.05) is 10.7 Å². The number of nitrogen functional groups attached to an aromatic ring is 1. The van der Waals surface area contributed by atoms with E-state index in [2.05, 4.69) is 10.7 Å². The van der Waals surface area contributed by atoms with Crippen molar-refractivity contribution in [3.63, 3.8) is 0 Å². The molecule has 0 radical (unpaired) electrons. The van der Waals surface area contributed by atoms with Gasteiger partial charge in [0.05, 0.1) is 11.5 Å². The zero-order valence-corrected chi connectivity index (χ0v) is 10.3. The lowest BCUT2D eigenvalue weighted by atomic mass is 10.2. The van der Waals surface area contributed by atoms with E-state index in [9.17, 15) is 10.1 Å². The smallest absolute Gasteiger partial charge is 0.316 e. The van der Waals surface area contributed by atoms with E-state index in [1.54, 1.807) is 18.2 Å². The van der Waals surface area contributed by atoms with E-state index in [1.165, 1.54) is 0 Å². The van der Waals surface area contributed by atoms with Gasteiger partial charge in [0, 0.05) is 0 Å². The highest BCUT2D eigenvalue weighted by Gasteiger charge is 2.18. The van der Waals surface area contributed by atoms with Crippen LogP contribution in [0.25, 0.3) is 0 Å². The van der Waals surface area contributed by atoms with Gasteiger partial charge in [0.25, 0.3) is 0 Å². The number of hydrogen-bond donors (Lipinski definition) is 3. The Morgan fingerprint density at radius 1 is 1.32 bits per heavy atom. The van der Waals surface area contributed by atoms with Crippen LogP contribution in [-0.4, -0.2) is 4.92 Å². The molecule has 0 saturated carbocycles. The molecule has 0 spiro atoms. The van der Waals surface area contributed by atoms with Crippen LogP contribution in [0.15, 0.2) is 34.7 Å². The molecule has 100 valence electrons. The van der Waals surface area contributed by atoms with Gasteiger partial charge in [-0.25, -0.2) is 0 Å².